The van der Waals surface area contributed by atoms with Crippen LogP contribution in [-0.4, -0.2) is 45.3 Å². The van der Waals surface area contributed by atoms with Gasteiger partial charge in [0, 0.05) is 0 Å². The number of hydrogen-bond donors (Lipinski definition) is 1. The average molecular weight is 538 g/mol. The van der Waals surface area contributed by atoms with E-state index in [1.54, 1.807) is 81.4 Å². The van der Waals surface area contributed by atoms with E-state index >= 15 is 0 Å². The molecule has 0 heterocycles. The van der Waals surface area contributed by atoms with E-state index in [0.29, 0.717) is 17.0 Å². The molecular weight excluding hydrogens is 506 g/mol. The molecule has 3 aromatic carbocycles. The zero-order valence-electron chi connectivity index (χ0n) is 21.7. The largest absolute Gasteiger partial charge is 0.482 e. The molecule has 200 valence electrons. The molecule has 0 aliphatic rings. The Morgan fingerprint density at radius 3 is 2.29 bits per heavy atom. The quantitative estimate of drug-likeness (QED) is 0.237. The molecule has 9 nitrogen and oxygen atoms in total. The lowest BCUT2D eigenvalue weighted by Gasteiger charge is -2.24. The number of anilines is 1. The summed E-state index contributed by atoms with van der Waals surface area (Å²) in [5, 5.41) is 3.94. The van der Waals surface area contributed by atoms with Gasteiger partial charge < -0.3 is 9.47 Å². The number of benzene rings is 3. The number of esters is 1. The Hall–Kier alpha value is -4.18. The van der Waals surface area contributed by atoms with Crippen LogP contribution in [0.3, 0.4) is 0 Å². The maximum Gasteiger partial charge on any atom is 0.344 e. The van der Waals surface area contributed by atoms with Gasteiger partial charge in [0.1, 0.15) is 17.9 Å². The summed E-state index contributed by atoms with van der Waals surface area (Å²) >= 11 is 0. The van der Waals surface area contributed by atoms with Crippen molar-refractivity contribution in [1.82, 2.24) is 5.43 Å². The van der Waals surface area contributed by atoms with Crippen molar-refractivity contribution in [2.24, 2.45) is 5.10 Å². The fraction of sp³-hybridized carbons (Fsp3) is 0.250. The zero-order valence-corrected chi connectivity index (χ0v) is 22.6. The molecule has 0 atom stereocenters. The lowest BCUT2D eigenvalue weighted by Crippen LogP contribution is -2.39. The summed E-state index contributed by atoms with van der Waals surface area (Å²) in [5.74, 6) is -0.614. The number of nitrogens with one attached hydrogen (secondary N) is 1. The topological polar surface area (TPSA) is 114 Å². The highest BCUT2D eigenvalue weighted by atomic mass is 32.2. The molecule has 3 rings (SSSR count). The number of ether oxygens (including phenoxy) is 2. The molecule has 1 N–H and O–H groups in total. The van der Waals surface area contributed by atoms with Gasteiger partial charge in [0.2, 0.25) is 0 Å². The fourth-order valence-corrected chi connectivity index (χ4v) is 4.76. The van der Waals surface area contributed by atoms with E-state index in [4.69, 9.17) is 9.47 Å². The second-order valence-corrected chi connectivity index (χ2v) is 11.3. The van der Waals surface area contributed by atoms with Crippen LogP contribution in [0.25, 0.3) is 0 Å². The predicted octanol–water partition coefficient (Wildman–Crippen LogP) is 4.06. The number of sulfonamides is 1. The maximum atomic E-state index is 13.3. The third-order valence-electron chi connectivity index (χ3n) is 4.97. The monoisotopic (exact) mass is 537 g/mol. The molecule has 0 fully saturated rings. The van der Waals surface area contributed by atoms with E-state index in [2.05, 4.69) is 10.5 Å². The smallest absolute Gasteiger partial charge is 0.344 e. The van der Waals surface area contributed by atoms with Crippen molar-refractivity contribution < 1.29 is 27.5 Å². The molecule has 0 radical (unpaired) electrons. The van der Waals surface area contributed by atoms with E-state index in [-0.39, 0.29) is 11.5 Å². The molecule has 0 aliphatic heterocycles. The molecule has 0 bridgehead atoms. The summed E-state index contributed by atoms with van der Waals surface area (Å²) in [6.07, 6.45) is 1.41. The first-order valence-electron chi connectivity index (χ1n) is 11.9. The lowest BCUT2D eigenvalue weighted by molar-refractivity contribution is -0.157. The summed E-state index contributed by atoms with van der Waals surface area (Å²) in [6, 6.07) is 21.5. The zero-order chi connectivity index (χ0) is 27.8. The first-order valence-corrected chi connectivity index (χ1v) is 13.3. The van der Waals surface area contributed by atoms with Gasteiger partial charge in [-0.05, 0) is 87.4 Å². The standard InChI is InChI=1S/C28H31N3O6S/c1-21-9-8-10-23(17-21)31(38(34,35)25-11-6-5-7-12-25)19-26(32)30-29-18-22-13-15-24(16-14-22)36-20-27(33)37-28(2,3)4/h5-18H,19-20H2,1-4H3,(H,30,32)/b29-18-. The molecular formula is C28H31N3O6S. The minimum absolute atomic E-state index is 0.0757. The van der Waals surface area contributed by atoms with Gasteiger partial charge in [0.25, 0.3) is 15.9 Å². The van der Waals surface area contributed by atoms with E-state index in [0.717, 1.165) is 9.87 Å². The van der Waals surface area contributed by atoms with Crippen molar-refractivity contribution in [3.63, 3.8) is 0 Å². The number of carbonyl (C=O) groups is 2. The van der Waals surface area contributed by atoms with E-state index < -0.39 is 34.0 Å². The summed E-state index contributed by atoms with van der Waals surface area (Å²) in [5.41, 5.74) is 3.67. The van der Waals surface area contributed by atoms with Crippen LogP contribution in [0.1, 0.15) is 31.9 Å². The van der Waals surface area contributed by atoms with Crippen molar-refractivity contribution >= 4 is 33.8 Å². The van der Waals surface area contributed by atoms with Crippen LogP contribution >= 0.6 is 0 Å². The Kier molecular flexibility index (Phi) is 9.25. The van der Waals surface area contributed by atoms with Crippen molar-refractivity contribution in [3.8, 4) is 5.75 Å². The minimum atomic E-state index is -4.00. The van der Waals surface area contributed by atoms with Gasteiger partial charge in [0.05, 0.1) is 16.8 Å². The summed E-state index contributed by atoms with van der Waals surface area (Å²) in [4.78, 5) is 24.5. The molecule has 3 aromatic rings. The number of amides is 1. The van der Waals surface area contributed by atoms with Crippen LogP contribution < -0.4 is 14.5 Å². The number of aryl methyl sites for hydroxylation is 1. The Morgan fingerprint density at radius 2 is 1.66 bits per heavy atom. The van der Waals surface area contributed by atoms with Crippen LogP contribution in [0.15, 0.2) is 88.9 Å². The third-order valence-corrected chi connectivity index (χ3v) is 6.76. The van der Waals surface area contributed by atoms with Gasteiger partial charge in [-0.1, -0.05) is 30.3 Å². The maximum absolute atomic E-state index is 13.3. The van der Waals surface area contributed by atoms with Crippen molar-refractivity contribution in [1.29, 1.82) is 0 Å². The van der Waals surface area contributed by atoms with Crippen LogP contribution in [0.4, 0.5) is 5.69 Å². The Labute approximate surface area is 223 Å². The molecule has 38 heavy (non-hydrogen) atoms. The fourth-order valence-electron chi connectivity index (χ4n) is 3.33. The number of hydrogen-bond acceptors (Lipinski definition) is 7. The van der Waals surface area contributed by atoms with Crippen LogP contribution in [-0.2, 0) is 24.3 Å². The van der Waals surface area contributed by atoms with Gasteiger partial charge in [-0.15, -0.1) is 0 Å². The lowest BCUT2D eigenvalue weighted by atomic mass is 10.2. The number of nitrogens with zero attached hydrogens (tertiary/aromatic N) is 2. The highest BCUT2D eigenvalue weighted by Gasteiger charge is 2.27. The van der Waals surface area contributed by atoms with Gasteiger partial charge in [0.15, 0.2) is 6.61 Å². The molecule has 0 saturated carbocycles. The van der Waals surface area contributed by atoms with E-state index in [9.17, 15) is 18.0 Å². The third kappa shape index (κ3) is 8.45. The molecule has 10 heteroatoms. The van der Waals surface area contributed by atoms with Crippen molar-refractivity contribution in [3.05, 3.63) is 90.0 Å². The van der Waals surface area contributed by atoms with E-state index in [1.807, 2.05) is 13.0 Å². The highest BCUT2D eigenvalue weighted by Crippen LogP contribution is 2.24. The summed E-state index contributed by atoms with van der Waals surface area (Å²) in [6.45, 7) is 6.50. The molecule has 0 unspecified atom stereocenters. The Balaban J connectivity index is 1.63. The molecule has 0 saturated heterocycles. The number of hydrazone groups is 1. The van der Waals surface area contributed by atoms with Crippen molar-refractivity contribution in [2.75, 3.05) is 17.5 Å². The Morgan fingerprint density at radius 1 is 0.974 bits per heavy atom. The minimum Gasteiger partial charge on any atom is -0.482 e. The van der Waals surface area contributed by atoms with E-state index in [1.165, 1.54) is 18.3 Å². The van der Waals surface area contributed by atoms with Crippen molar-refractivity contribution in [2.45, 2.75) is 38.2 Å². The van der Waals surface area contributed by atoms with Gasteiger partial charge >= 0.3 is 5.97 Å². The summed E-state index contributed by atoms with van der Waals surface area (Å²) in [7, 11) is -4.00. The predicted molar refractivity (Wildman–Crippen MR) is 146 cm³/mol. The molecule has 0 aromatic heterocycles. The van der Waals surface area contributed by atoms with Crippen LogP contribution in [0, 0.1) is 6.92 Å². The van der Waals surface area contributed by atoms with Gasteiger partial charge in [-0.2, -0.15) is 5.10 Å². The van der Waals surface area contributed by atoms with Gasteiger partial charge in [-0.25, -0.2) is 18.6 Å². The van der Waals surface area contributed by atoms with Gasteiger partial charge in [-0.3, -0.25) is 9.10 Å². The number of carbonyl (C=O) groups excluding carboxylic acids is 2. The first kappa shape index (κ1) is 28.4. The van der Waals surface area contributed by atoms with Crippen LogP contribution in [0.2, 0.25) is 0 Å². The molecule has 0 spiro atoms. The second-order valence-electron chi connectivity index (χ2n) is 9.40. The normalized spacial score (nSPS) is 11.7. The van der Waals surface area contributed by atoms with Crippen LogP contribution in [0.5, 0.6) is 5.75 Å². The highest BCUT2D eigenvalue weighted by molar-refractivity contribution is 7.92. The molecule has 1 amide bonds. The number of rotatable bonds is 10. The summed E-state index contributed by atoms with van der Waals surface area (Å²) < 4.78 is 38.3. The average Bonchev–Trinajstić information content (AvgIpc) is 2.86. The Bertz CT molecular complexity index is 1380. The first-order chi connectivity index (χ1) is 17.9. The second kappa shape index (κ2) is 12.4. The SMILES string of the molecule is Cc1cccc(N(CC(=O)N/N=C\c2ccc(OCC(=O)OC(C)(C)C)cc2)S(=O)(=O)c2ccccc2)c1. The molecule has 0 aliphatic carbocycles.